The monoisotopic (exact) mass is 265 g/mol. The van der Waals surface area contributed by atoms with E-state index in [1.807, 2.05) is 25.1 Å². The minimum absolute atomic E-state index is 0.330. The van der Waals surface area contributed by atoms with Gasteiger partial charge >= 0.3 is 0 Å². The quantitative estimate of drug-likeness (QED) is 0.888. The maximum atomic E-state index is 5.59. The summed E-state index contributed by atoms with van der Waals surface area (Å²) in [6.07, 6.45) is 2.41. The fourth-order valence-corrected chi connectivity index (χ4v) is 2.40. The predicted molar refractivity (Wildman–Crippen MR) is 76.2 cm³/mol. The van der Waals surface area contributed by atoms with Crippen LogP contribution in [0.3, 0.4) is 0 Å². The van der Waals surface area contributed by atoms with Gasteiger partial charge in [-0.05, 0) is 38.8 Å². The second-order valence-corrected chi connectivity index (χ2v) is 4.85. The van der Waals surface area contributed by atoms with E-state index < -0.39 is 0 Å². The van der Waals surface area contributed by atoms with Gasteiger partial charge in [0.15, 0.2) is 11.5 Å². The van der Waals surface area contributed by atoms with Crippen molar-refractivity contribution in [2.24, 2.45) is 0 Å². The third kappa shape index (κ3) is 3.77. The Bertz CT molecular complexity index is 408. The topological polar surface area (TPSA) is 39.7 Å². The van der Waals surface area contributed by atoms with E-state index in [1.165, 1.54) is 0 Å². The molecule has 1 saturated heterocycles. The van der Waals surface area contributed by atoms with Gasteiger partial charge in [-0.15, -0.1) is 0 Å². The summed E-state index contributed by atoms with van der Waals surface area (Å²) in [5.74, 6) is 1.56. The molecule has 2 atom stereocenters. The van der Waals surface area contributed by atoms with Crippen LogP contribution < -0.4 is 14.8 Å². The van der Waals surface area contributed by atoms with Gasteiger partial charge in [-0.3, -0.25) is 0 Å². The van der Waals surface area contributed by atoms with Crippen molar-refractivity contribution in [2.75, 3.05) is 25.6 Å². The lowest BCUT2D eigenvalue weighted by atomic mass is 10.0. The lowest BCUT2D eigenvalue weighted by Crippen LogP contribution is -2.32. The van der Waals surface area contributed by atoms with Crippen LogP contribution in [0.4, 0.5) is 5.69 Å². The summed E-state index contributed by atoms with van der Waals surface area (Å²) in [5.41, 5.74) is 1.07. The molecule has 4 nitrogen and oxygen atoms in total. The Hall–Kier alpha value is -1.42. The molecule has 0 aliphatic carbocycles. The van der Waals surface area contributed by atoms with Gasteiger partial charge in [-0.1, -0.05) is 0 Å². The van der Waals surface area contributed by atoms with Crippen molar-refractivity contribution in [3.63, 3.8) is 0 Å². The van der Waals surface area contributed by atoms with Gasteiger partial charge < -0.3 is 19.5 Å². The Kier molecular flexibility index (Phi) is 4.91. The van der Waals surface area contributed by atoms with Gasteiger partial charge in [-0.25, -0.2) is 0 Å². The highest BCUT2D eigenvalue weighted by molar-refractivity contribution is 5.55. The van der Waals surface area contributed by atoms with Crippen LogP contribution in [-0.2, 0) is 4.74 Å². The Balaban J connectivity index is 2.05. The third-order valence-electron chi connectivity index (χ3n) is 3.32. The number of hydrogen-bond donors (Lipinski definition) is 1. The Morgan fingerprint density at radius 3 is 2.89 bits per heavy atom. The first-order valence-electron chi connectivity index (χ1n) is 6.92. The SMILES string of the molecule is CCOc1cc(NC2CCOC(C)C2)ccc1OC. The first-order valence-corrected chi connectivity index (χ1v) is 6.92. The molecule has 19 heavy (non-hydrogen) atoms. The zero-order valence-electron chi connectivity index (χ0n) is 11.9. The van der Waals surface area contributed by atoms with Gasteiger partial charge in [0.1, 0.15) is 0 Å². The van der Waals surface area contributed by atoms with Crippen molar-refractivity contribution in [3.8, 4) is 11.5 Å². The highest BCUT2D eigenvalue weighted by Crippen LogP contribution is 2.31. The number of benzene rings is 1. The molecule has 1 aromatic rings. The van der Waals surface area contributed by atoms with E-state index in [2.05, 4.69) is 12.2 Å². The predicted octanol–water partition coefficient (Wildman–Crippen LogP) is 3.07. The number of ether oxygens (including phenoxy) is 3. The molecule has 1 heterocycles. The smallest absolute Gasteiger partial charge is 0.163 e. The zero-order chi connectivity index (χ0) is 13.7. The van der Waals surface area contributed by atoms with E-state index >= 15 is 0 Å². The van der Waals surface area contributed by atoms with E-state index in [9.17, 15) is 0 Å². The standard InChI is InChI=1S/C15H23NO3/c1-4-18-15-10-12(5-6-14(15)17-3)16-13-7-8-19-11(2)9-13/h5-6,10-11,13,16H,4,7-9H2,1-3H3. The van der Waals surface area contributed by atoms with Crippen molar-refractivity contribution in [2.45, 2.75) is 38.8 Å². The largest absolute Gasteiger partial charge is 0.493 e. The van der Waals surface area contributed by atoms with Gasteiger partial charge in [0.25, 0.3) is 0 Å². The summed E-state index contributed by atoms with van der Waals surface area (Å²) < 4.78 is 16.4. The third-order valence-corrected chi connectivity index (χ3v) is 3.32. The van der Waals surface area contributed by atoms with Crippen LogP contribution in [0, 0.1) is 0 Å². The molecule has 0 amide bonds. The molecule has 0 spiro atoms. The molecule has 1 fully saturated rings. The van der Waals surface area contributed by atoms with Crippen LogP contribution in [0.25, 0.3) is 0 Å². The highest BCUT2D eigenvalue weighted by atomic mass is 16.5. The second-order valence-electron chi connectivity index (χ2n) is 4.85. The molecule has 106 valence electrons. The van der Waals surface area contributed by atoms with Gasteiger partial charge in [0, 0.05) is 24.4 Å². The molecule has 0 bridgehead atoms. The number of rotatable bonds is 5. The molecule has 2 unspecified atom stereocenters. The molecule has 0 aromatic heterocycles. The summed E-state index contributed by atoms with van der Waals surface area (Å²) in [5, 5.41) is 3.55. The molecule has 1 aromatic carbocycles. The summed E-state index contributed by atoms with van der Waals surface area (Å²) in [7, 11) is 1.66. The van der Waals surface area contributed by atoms with Crippen LogP contribution in [0.5, 0.6) is 11.5 Å². The fourth-order valence-electron chi connectivity index (χ4n) is 2.40. The lowest BCUT2D eigenvalue weighted by Gasteiger charge is -2.28. The average Bonchev–Trinajstić information content (AvgIpc) is 2.39. The molecule has 4 heteroatoms. The lowest BCUT2D eigenvalue weighted by molar-refractivity contribution is 0.0232. The summed E-state index contributed by atoms with van der Waals surface area (Å²) in [6, 6.07) is 6.44. The Morgan fingerprint density at radius 1 is 1.37 bits per heavy atom. The Morgan fingerprint density at radius 2 is 2.21 bits per heavy atom. The number of anilines is 1. The van der Waals surface area contributed by atoms with E-state index in [1.54, 1.807) is 7.11 Å². The van der Waals surface area contributed by atoms with Gasteiger partial charge in [0.2, 0.25) is 0 Å². The normalized spacial score (nSPS) is 22.9. The minimum Gasteiger partial charge on any atom is -0.493 e. The van der Waals surface area contributed by atoms with Crippen LogP contribution in [0.1, 0.15) is 26.7 Å². The van der Waals surface area contributed by atoms with E-state index in [-0.39, 0.29) is 0 Å². The molecule has 0 saturated carbocycles. The molecule has 1 aliphatic rings. The van der Waals surface area contributed by atoms with E-state index in [4.69, 9.17) is 14.2 Å². The van der Waals surface area contributed by atoms with Crippen LogP contribution >= 0.6 is 0 Å². The van der Waals surface area contributed by atoms with Crippen molar-refractivity contribution in [3.05, 3.63) is 18.2 Å². The molecule has 1 aliphatic heterocycles. The minimum atomic E-state index is 0.330. The molecule has 1 N–H and O–H groups in total. The maximum Gasteiger partial charge on any atom is 0.163 e. The number of nitrogens with one attached hydrogen (secondary N) is 1. The summed E-state index contributed by atoms with van der Waals surface area (Å²) >= 11 is 0. The zero-order valence-corrected chi connectivity index (χ0v) is 11.9. The van der Waals surface area contributed by atoms with Crippen molar-refractivity contribution in [1.29, 1.82) is 0 Å². The molecular formula is C15H23NO3. The number of methoxy groups -OCH3 is 1. The second kappa shape index (κ2) is 6.66. The maximum absolute atomic E-state index is 5.59. The summed E-state index contributed by atoms with van der Waals surface area (Å²) in [6.45, 7) is 5.55. The van der Waals surface area contributed by atoms with Crippen LogP contribution in [0.2, 0.25) is 0 Å². The fraction of sp³-hybridized carbons (Fsp3) is 0.600. The van der Waals surface area contributed by atoms with Gasteiger partial charge in [-0.2, -0.15) is 0 Å². The average molecular weight is 265 g/mol. The van der Waals surface area contributed by atoms with Crippen molar-refractivity contribution < 1.29 is 14.2 Å². The van der Waals surface area contributed by atoms with Crippen molar-refractivity contribution in [1.82, 2.24) is 0 Å². The number of hydrogen-bond acceptors (Lipinski definition) is 4. The molecule has 0 radical (unpaired) electrons. The molecular weight excluding hydrogens is 242 g/mol. The highest BCUT2D eigenvalue weighted by Gasteiger charge is 2.19. The van der Waals surface area contributed by atoms with Crippen LogP contribution in [0.15, 0.2) is 18.2 Å². The van der Waals surface area contributed by atoms with E-state index in [0.29, 0.717) is 18.8 Å². The van der Waals surface area contributed by atoms with Crippen molar-refractivity contribution >= 4 is 5.69 Å². The van der Waals surface area contributed by atoms with Gasteiger partial charge in [0.05, 0.1) is 19.8 Å². The molecule has 2 rings (SSSR count). The first kappa shape index (κ1) is 14.0. The van der Waals surface area contributed by atoms with E-state index in [0.717, 1.165) is 36.6 Å². The Labute approximate surface area is 115 Å². The van der Waals surface area contributed by atoms with Crippen LogP contribution in [-0.4, -0.2) is 32.5 Å². The first-order chi connectivity index (χ1) is 9.22. The summed E-state index contributed by atoms with van der Waals surface area (Å²) in [4.78, 5) is 0.